The molecule has 1 aliphatic heterocycles. The number of halogens is 3. The molecular formula is C16H13ClF2N2O2. The molecule has 23 heavy (non-hydrogen) atoms. The number of carbonyl (C=O) groups is 1. The van der Waals surface area contributed by atoms with Gasteiger partial charge in [-0.3, -0.25) is 4.98 Å². The second kappa shape index (κ2) is 6.12. The number of aromatic nitrogens is 1. The first-order valence-electron chi connectivity index (χ1n) is 6.96. The van der Waals surface area contributed by atoms with Crippen LogP contribution in [0.2, 0.25) is 5.02 Å². The lowest BCUT2D eigenvalue weighted by molar-refractivity contribution is 0.119. The van der Waals surface area contributed by atoms with Crippen LogP contribution < -0.4 is 0 Å². The van der Waals surface area contributed by atoms with Crippen LogP contribution in [0, 0.1) is 11.6 Å². The highest BCUT2D eigenvalue weighted by Crippen LogP contribution is 2.35. The van der Waals surface area contributed by atoms with Crippen LogP contribution in [-0.2, 0) is 17.7 Å². The van der Waals surface area contributed by atoms with Crippen molar-refractivity contribution in [2.24, 2.45) is 0 Å². The van der Waals surface area contributed by atoms with E-state index in [4.69, 9.17) is 16.3 Å². The molecule has 0 fully saturated rings. The van der Waals surface area contributed by atoms with E-state index in [9.17, 15) is 13.6 Å². The lowest BCUT2D eigenvalue weighted by Gasteiger charge is -2.29. The molecule has 120 valence electrons. The van der Waals surface area contributed by atoms with Crippen molar-refractivity contribution in [3.8, 4) is 11.3 Å². The van der Waals surface area contributed by atoms with E-state index in [2.05, 4.69) is 4.98 Å². The van der Waals surface area contributed by atoms with E-state index in [-0.39, 0.29) is 12.2 Å². The fourth-order valence-electron chi connectivity index (χ4n) is 2.75. The van der Waals surface area contributed by atoms with Gasteiger partial charge >= 0.3 is 6.09 Å². The maximum atomic E-state index is 14.1. The summed E-state index contributed by atoms with van der Waals surface area (Å²) < 4.78 is 31.9. The van der Waals surface area contributed by atoms with Gasteiger partial charge in [0.2, 0.25) is 0 Å². The molecule has 1 amide bonds. The van der Waals surface area contributed by atoms with Crippen LogP contribution >= 0.6 is 11.6 Å². The van der Waals surface area contributed by atoms with E-state index < -0.39 is 17.7 Å². The molecule has 3 rings (SSSR count). The number of carbonyl (C=O) groups excluding carboxylic acids is 1. The van der Waals surface area contributed by atoms with Gasteiger partial charge in [0.25, 0.3) is 0 Å². The predicted molar refractivity (Wildman–Crippen MR) is 81.1 cm³/mol. The SMILES string of the molecule is COC(=O)N1CCc2c(Cl)ccc(-c3ncc(F)cc3F)c2C1. The summed E-state index contributed by atoms with van der Waals surface area (Å²) >= 11 is 6.22. The number of hydrogen-bond acceptors (Lipinski definition) is 3. The summed E-state index contributed by atoms with van der Waals surface area (Å²) in [5, 5.41) is 0.552. The van der Waals surface area contributed by atoms with Gasteiger partial charge in [0.05, 0.1) is 13.3 Å². The van der Waals surface area contributed by atoms with E-state index in [1.165, 1.54) is 12.0 Å². The normalized spacial score (nSPS) is 13.7. The Morgan fingerprint density at radius 2 is 2.13 bits per heavy atom. The Morgan fingerprint density at radius 3 is 2.83 bits per heavy atom. The summed E-state index contributed by atoms with van der Waals surface area (Å²) in [4.78, 5) is 17.1. The minimum absolute atomic E-state index is 0.0334. The molecule has 0 atom stereocenters. The van der Waals surface area contributed by atoms with E-state index in [0.717, 1.165) is 17.8 Å². The number of fused-ring (bicyclic) bond motifs is 1. The fourth-order valence-corrected chi connectivity index (χ4v) is 3.02. The third-order valence-corrected chi connectivity index (χ3v) is 4.20. The smallest absolute Gasteiger partial charge is 0.409 e. The molecule has 7 heteroatoms. The van der Waals surface area contributed by atoms with Crippen LogP contribution in [0.5, 0.6) is 0 Å². The molecule has 4 nitrogen and oxygen atoms in total. The molecular weight excluding hydrogens is 326 g/mol. The van der Waals surface area contributed by atoms with Gasteiger partial charge in [-0.15, -0.1) is 0 Å². The number of pyridine rings is 1. The van der Waals surface area contributed by atoms with Gasteiger partial charge in [-0.25, -0.2) is 13.6 Å². The third-order valence-electron chi connectivity index (χ3n) is 3.85. The molecule has 0 spiro atoms. The number of amides is 1. The summed E-state index contributed by atoms with van der Waals surface area (Å²) in [6.45, 7) is 0.693. The highest BCUT2D eigenvalue weighted by atomic mass is 35.5. The predicted octanol–water partition coefficient (Wildman–Crippen LogP) is 3.80. The van der Waals surface area contributed by atoms with Crippen molar-refractivity contribution < 1.29 is 18.3 Å². The number of hydrogen-bond donors (Lipinski definition) is 0. The van der Waals surface area contributed by atoms with Crippen molar-refractivity contribution in [1.82, 2.24) is 9.88 Å². The van der Waals surface area contributed by atoms with E-state index in [1.54, 1.807) is 12.1 Å². The first kappa shape index (κ1) is 15.7. The maximum Gasteiger partial charge on any atom is 0.409 e. The first-order chi connectivity index (χ1) is 11.0. The molecule has 0 bridgehead atoms. The second-order valence-corrected chi connectivity index (χ2v) is 5.58. The standard InChI is InChI=1S/C16H13ClF2N2O2/c1-23-16(22)21-5-4-10-12(8-21)11(2-3-13(10)17)15-14(19)6-9(18)7-20-15/h2-3,6-7H,4-5,8H2,1H3. The van der Waals surface area contributed by atoms with Gasteiger partial charge < -0.3 is 9.64 Å². The summed E-state index contributed by atoms with van der Waals surface area (Å²) in [6, 6.07) is 4.07. The zero-order chi connectivity index (χ0) is 16.6. The Labute approximate surface area is 136 Å². The van der Waals surface area contributed by atoms with Crippen LogP contribution in [0.3, 0.4) is 0 Å². The van der Waals surface area contributed by atoms with Gasteiger partial charge in [0.1, 0.15) is 11.5 Å². The van der Waals surface area contributed by atoms with Crippen molar-refractivity contribution in [3.63, 3.8) is 0 Å². The minimum atomic E-state index is -0.760. The zero-order valence-electron chi connectivity index (χ0n) is 12.3. The molecule has 1 aromatic heterocycles. The number of benzene rings is 1. The fraction of sp³-hybridized carbons (Fsp3) is 0.250. The van der Waals surface area contributed by atoms with Gasteiger partial charge in [-0.05, 0) is 23.6 Å². The highest BCUT2D eigenvalue weighted by molar-refractivity contribution is 6.31. The van der Waals surface area contributed by atoms with Crippen LogP contribution in [0.15, 0.2) is 24.4 Å². The van der Waals surface area contributed by atoms with Crippen molar-refractivity contribution >= 4 is 17.7 Å². The molecule has 2 heterocycles. The quantitative estimate of drug-likeness (QED) is 0.794. The number of nitrogens with zero attached hydrogens (tertiary/aromatic N) is 2. The highest BCUT2D eigenvalue weighted by Gasteiger charge is 2.26. The molecule has 0 radical (unpaired) electrons. The lowest BCUT2D eigenvalue weighted by atomic mass is 9.93. The Kier molecular flexibility index (Phi) is 4.17. The van der Waals surface area contributed by atoms with Crippen molar-refractivity contribution in [1.29, 1.82) is 0 Å². The molecule has 2 aromatic rings. The molecule has 0 saturated carbocycles. The molecule has 0 saturated heterocycles. The summed E-state index contributed by atoms with van der Waals surface area (Å²) in [5.41, 5.74) is 2.07. The van der Waals surface area contributed by atoms with Crippen molar-refractivity contribution in [2.45, 2.75) is 13.0 Å². The van der Waals surface area contributed by atoms with E-state index in [1.807, 2.05) is 0 Å². The average molecular weight is 339 g/mol. The summed E-state index contributed by atoms with van der Waals surface area (Å²) in [6.07, 6.45) is 1.02. The van der Waals surface area contributed by atoms with Crippen LogP contribution in [0.4, 0.5) is 13.6 Å². The second-order valence-electron chi connectivity index (χ2n) is 5.18. The summed E-state index contributed by atoms with van der Waals surface area (Å²) in [5.74, 6) is -1.50. The Morgan fingerprint density at radius 1 is 1.35 bits per heavy atom. The molecule has 0 N–H and O–H groups in total. The van der Waals surface area contributed by atoms with Crippen molar-refractivity contribution in [2.75, 3.05) is 13.7 Å². The number of ether oxygens (including phenoxy) is 1. The third kappa shape index (κ3) is 2.86. The summed E-state index contributed by atoms with van der Waals surface area (Å²) in [7, 11) is 1.30. The molecule has 1 aromatic carbocycles. The average Bonchev–Trinajstić information content (AvgIpc) is 2.55. The molecule has 1 aliphatic rings. The van der Waals surface area contributed by atoms with Crippen LogP contribution in [-0.4, -0.2) is 29.6 Å². The monoisotopic (exact) mass is 338 g/mol. The molecule has 0 aliphatic carbocycles. The first-order valence-corrected chi connectivity index (χ1v) is 7.33. The van der Waals surface area contributed by atoms with Gasteiger partial charge in [0, 0.05) is 29.7 Å². The van der Waals surface area contributed by atoms with Gasteiger partial charge in [-0.2, -0.15) is 0 Å². The topological polar surface area (TPSA) is 42.4 Å². The Bertz CT molecular complexity index is 783. The Hall–Kier alpha value is -2.21. The minimum Gasteiger partial charge on any atom is -0.453 e. The maximum absolute atomic E-state index is 14.1. The Balaban J connectivity index is 2.11. The van der Waals surface area contributed by atoms with Crippen LogP contribution in [0.25, 0.3) is 11.3 Å². The van der Waals surface area contributed by atoms with Crippen molar-refractivity contribution in [3.05, 3.63) is 52.2 Å². The van der Waals surface area contributed by atoms with Gasteiger partial charge in [0.15, 0.2) is 5.82 Å². The number of methoxy groups -OCH3 is 1. The van der Waals surface area contributed by atoms with E-state index in [0.29, 0.717) is 29.1 Å². The molecule has 0 unspecified atom stereocenters. The van der Waals surface area contributed by atoms with E-state index >= 15 is 0 Å². The van der Waals surface area contributed by atoms with Crippen LogP contribution in [0.1, 0.15) is 11.1 Å². The van der Waals surface area contributed by atoms with Gasteiger partial charge in [-0.1, -0.05) is 17.7 Å². The lowest BCUT2D eigenvalue weighted by Crippen LogP contribution is -2.36. The zero-order valence-corrected chi connectivity index (χ0v) is 13.0. The number of rotatable bonds is 1. The largest absolute Gasteiger partial charge is 0.453 e.